The van der Waals surface area contributed by atoms with Gasteiger partial charge in [0.25, 0.3) is 0 Å². The molecule has 0 aliphatic carbocycles. The summed E-state index contributed by atoms with van der Waals surface area (Å²) in [6.07, 6.45) is 0.879. The van der Waals surface area contributed by atoms with Crippen molar-refractivity contribution in [1.29, 1.82) is 0 Å². The lowest BCUT2D eigenvalue weighted by molar-refractivity contribution is 0.0539. The van der Waals surface area contributed by atoms with Crippen molar-refractivity contribution < 1.29 is 22.7 Å². The molecule has 5 heteroatoms. The minimum Gasteiger partial charge on any atom is -0.381 e. The summed E-state index contributed by atoms with van der Waals surface area (Å²) in [5.41, 5.74) is -0.640. The highest BCUT2D eigenvalue weighted by molar-refractivity contribution is 5.98. The lowest BCUT2D eigenvalue weighted by Crippen LogP contribution is -2.25. The van der Waals surface area contributed by atoms with E-state index in [1.165, 1.54) is 0 Å². The maximum Gasteiger partial charge on any atom is 0.172 e. The van der Waals surface area contributed by atoms with Crippen LogP contribution in [0.15, 0.2) is 12.1 Å². The summed E-state index contributed by atoms with van der Waals surface area (Å²) >= 11 is 0. The van der Waals surface area contributed by atoms with Gasteiger partial charge >= 0.3 is 0 Å². The number of hydrogen-bond donors (Lipinski definition) is 0. The molecule has 0 aromatic heterocycles. The Labute approximate surface area is 96.4 Å². The van der Waals surface area contributed by atoms with Crippen molar-refractivity contribution in [3.8, 4) is 0 Å². The van der Waals surface area contributed by atoms with Gasteiger partial charge in [-0.15, -0.1) is 0 Å². The predicted octanol–water partition coefficient (Wildman–Crippen LogP) is 2.71. The molecule has 0 atom stereocenters. The number of ether oxygens (including phenoxy) is 1. The van der Waals surface area contributed by atoms with Crippen LogP contribution in [0, 0.1) is 23.4 Å². The molecule has 1 aromatic carbocycles. The molecule has 2 nitrogen and oxygen atoms in total. The van der Waals surface area contributed by atoms with Gasteiger partial charge in [0.15, 0.2) is 5.78 Å². The number of benzene rings is 1. The monoisotopic (exact) mass is 244 g/mol. The van der Waals surface area contributed by atoms with Crippen LogP contribution in [0.25, 0.3) is 0 Å². The quantitative estimate of drug-likeness (QED) is 0.748. The van der Waals surface area contributed by atoms with Crippen molar-refractivity contribution >= 4 is 5.78 Å². The maximum atomic E-state index is 13.4. The van der Waals surface area contributed by atoms with Gasteiger partial charge in [-0.25, -0.2) is 13.2 Å². The summed E-state index contributed by atoms with van der Waals surface area (Å²) in [6.45, 7) is 0.807. The highest BCUT2D eigenvalue weighted by Gasteiger charge is 2.27. The molecule has 0 amide bonds. The molecule has 2 rings (SSSR count). The van der Waals surface area contributed by atoms with E-state index in [2.05, 4.69) is 0 Å². The minimum absolute atomic E-state index is 0.404. The molecule has 1 heterocycles. The fourth-order valence-corrected chi connectivity index (χ4v) is 1.94. The third kappa shape index (κ3) is 2.49. The van der Waals surface area contributed by atoms with Gasteiger partial charge in [0.2, 0.25) is 0 Å². The van der Waals surface area contributed by atoms with Gasteiger partial charge in [-0.05, 0) is 12.8 Å². The van der Waals surface area contributed by atoms with E-state index < -0.39 is 34.7 Å². The first-order valence-corrected chi connectivity index (χ1v) is 5.36. The Balaban J connectivity index is 2.30. The molecular formula is C12H11F3O2. The first-order chi connectivity index (χ1) is 8.09. The summed E-state index contributed by atoms with van der Waals surface area (Å²) in [7, 11) is 0. The summed E-state index contributed by atoms with van der Waals surface area (Å²) in [5.74, 6) is -4.36. The number of halogens is 3. The Morgan fingerprint density at radius 2 is 1.65 bits per heavy atom. The normalized spacial score (nSPS) is 17.1. The van der Waals surface area contributed by atoms with Gasteiger partial charge in [0, 0.05) is 31.3 Å². The van der Waals surface area contributed by atoms with E-state index in [9.17, 15) is 18.0 Å². The number of ketones is 1. The van der Waals surface area contributed by atoms with Gasteiger partial charge in [-0.1, -0.05) is 0 Å². The zero-order valence-electron chi connectivity index (χ0n) is 9.01. The molecular weight excluding hydrogens is 233 g/mol. The molecule has 1 aromatic rings. The second-order valence-electron chi connectivity index (χ2n) is 4.00. The van der Waals surface area contributed by atoms with Crippen LogP contribution in [0.4, 0.5) is 13.2 Å². The van der Waals surface area contributed by atoms with Gasteiger partial charge < -0.3 is 4.74 Å². The van der Waals surface area contributed by atoms with Crippen molar-refractivity contribution in [2.75, 3.05) is 13.2 Å². The standard InChI is InChI=1S/C12H11F3O2/c13-8-5-9(14)11(10(15)6-8)12(16)7-1-3-17-4-2-7/h5-7H,1-4H2. The molecule has 1 aliphatic rings. The summed E-state index contributed by atoms with van der Waals surface area (Å²) in [4.78, 5) is 11.9. The van der Waals surface area contributed by atoms with Crippen LogP contribution in [-0.2, 0) is 4.74 Å². The molecule has 92 valence electrons. The van der Waals surface area contributed by atoms with Crippen LogP contribution < -0.4 is 0 Å². The number of rotatable bonds is 2. The van der Waals surface area contributed by atoms with Crippen LogP contribution >= 0.6 is 0 Å². The van der Waals surface area contributed by atoms with Gasteiger partial charge in [0.1, 0.15) is 17.5 Å². The van der Waals surface area contributed by atoms with E-state index in [0.29, 0.717) is 38.2 Å². The Kier molecular flexibility index (Phi) is 3.47. The largest absolute Gasteiger partial charge is 0.381 e. The molecule has 0 saturated carbocycles. The van der Waals surface area contributed by atoms with Crippen LogP contribution in [0.5, 0.6) is 0 Å². The number of Topliss-reactive ketones (excluding diaryl/α,β-unsaturated/α-hetero) is 1. The minimum atomic E-state index is -1.14. The molecule has 0 radical (unpaired) electrons. The summed E-state index contributed by atoms with van der Waals surface area (Å²) in [5, 5.41) is 0. The molecule has 0 spiro atoms. The van der Waals surface area contributed by atoms with E-state index in [-0.39, 0.29) is 0 Å². The average molecular weight is 244 g/mol. The Hall–Kier alpha value is -1.36. The first kappa shape index (κ1) is 12.1. The molecule has 0 unspecified atom stereocenters. The molecule has 17 heavy (non-hydrogen) atoms. The first-order valence-electron chi connectivity index (χ1n) is 5.36. The zero-order valence-corrected chi connectivity index (χ0v) is 9.01. The second-order valence-corrected chi connectivity index (χ2v) is 4.00. The maximum absolute atomic E-state index is 13.4. The van der Waals surface area contributed by atoms with Crippen molar-refractivity contribution in [1.82, 2.24) is 0 Å². The predicted molar refractivity (Wildman–Crippen MR) is 54.2 cm³/mol. The van der Waals surface area contributed by atoms with Crippen LogP contribution in [0.1, 0.15) is 23.2 Å². The van der Waals surface area contributed by atoms with Gasteiger partial charge in [-0.3, -0.25) is 4.79 Å². The third-order valence-corrected chi connectivity index (χ3v) is 2.85. The highest BCUT2D eigenvalue weighted by Crippen LogP contribution is 2.24. The Morgan fingerprint density at radius 1 is 1.12 bits per heavy atom. The second kappa shape index (κ2) is 4.87. The van der Waals surface area contributed by atoms with E-state index in [4.69, 9.17) is 4.74 Å². The zero-order chi connectivity index (χ0) is 12.4. The number of carbonyl (C=O) groups excluding carboxylic acids is 1. The van der Waals surface area contributed by atoms with Gasteiger partial charge in [-0.2, -0.15) is 0 Å². The van der Waals surface area contributed by atoms with E-state index >= 15 is 0 Å². The van der Waals surface area contributed by atoms with E-state index in [1.54, 1.807) is 0 Å². The molecule has 0 N–H and O–H groups in total. The fraction of sp³-hybridized carbons (Fsp3) is 0.417. The highest BCUT2D eigenvalue weighted by atomic mass is 19.1. The lowest BCUT2D eigenvalue weighted by atomic mass is 9.90. The lowest BCUT2D eigenvalue weighted by Gasteiger charge is -2.21. The Bertz CT molecular complexity index is 416. The molecule has 1 saturated heterocycles. The summed E-state index contributed by atoms with van der Waals surface area (Å²) < 4.78 is 44.5. The van der Waals surface area contributed by atoms with Crippen LogP contribution in [-0.4, -0.2) is 19.0 Å². The van der Waals surface area contributed by atoms with Crippen molar-refractivity contribution in [3.63, 3.8) is 0 Å². The smallest absolute Gasteiger partial charge is 0.172 e. The van der Waals surface area contributed by atoms with Crippen molar-refractivity contribution in [2.24, 2.45) is 5.92 Å². The number of hydrogen-bond acceptors (Lipinski definition) is 2. The van der Waals surface area contributed by atoms with E-state index in [1.807, 2.05) is 0 Å². The third-order valence-electron chi connectivity index (χ3n) is 2.85. The summed E-state index contributed by atoms with van der Waals surface area (Å²) in [6, 6.07) is 1.05. The van der Waals surface area contributed by atoms with Crippen molar-refractivity contribution in [3.05, 3.63) is 35.1 Å². The SMILES string of the molecule is O=C(c1c(F)cc(F)cc1F)C1CCOCC1. The van der Waals surface area contributed by atoms with Crippen LogP contribution in [0.3, 0.4) is 0 Å². The number of carbonyl (C=O) groups is 1. The molecule has 1 fully saturated rings. The molecule has 1 aliphatic heterocycles. The van der Waals surface area contributed by atoms with Crippen molar-refractivity contribution in [2.45, 2.75) is 12.8 Å². The van der Waals surface area contributed by atoms with Crippen LogP contribution in [0.2, 0.25) is 0 Å². The fourth-order valence-electron chi connectivity index (χ4n) is 1.94. The topological polar surface area (TPSA) is 26.3 Å². The van der Waals surface area contributed by atoms with E-state index in [0.717, 1.165) is 0 Å². The molecule has 0 bridgehead atoms. The van der Waals surface area contributed by atoms with Gasteiger partial charge in [0.05, 0.1) is 5.56 Å². The average Bonchev–Trinajstić information content (AvgIpc) is 2.28. The Morgan fingerprint density at radius 3 is 2.18 bits per heavy atom.